The Morgan fingerprint density at radius 3 is 2.83 bits per heavy atom. The third-order valence-electron chi connectivity index (χ3n) is 4.98. The molecule has 3 rings (SSSR count). The summed E-state index contributed by atoms with van der Waals surface area (Å²) in [7, 11) is -2.69. The van der Waals surface area contributed by atoms with E-state index in [2.05, 4.69) is 10.3 Å². The number of nitrogens with one attached hydrogen (secondary N) is 1. The summed E-state index contributed by atoms with van der Waals surface area (Å²) in [5, 5.41) is 11.2. The fourth-order valence-electron chi connectivity index (χ4n) is 3.61. The molecule has 3 N–H and O–H groups in total. The standard InChI is InChI=1S/C19H20N4O5S/c1-28-15-10-12-11(9-13(15)18(21)25)5-8-23-19(12)29(26,27)16-3-2-7-22-17(16)14(24)4-6-20/h5,8-10,16-17,22H,2-4,7H2,1H3,(H2,21,25). The first-order chi connectivity index (χ1) is 13.8. The summed E-state index contributed by atoms with van der Waals surface area (Å²) in [6, 6.07) is 5.24. The highest BCUT2D eigenvalue weighted by Crippen LogP contribution is 2.33. The number of amides is 1. The first-order valence-corrected chi connectivity index (χ1v) is 10.5. The minimum atomic E-state index is -4.03. The third kappa shape index (κ3) is 3.79. The number of rotatable bonds is 6. The molecule has 0 spiro atoms. The average molecular weight is 416 g/mol. The second kappa shape index (κ2) is 8.14. The lowest BCUT2D eigenvalue weighted by Crippen LogP contribution is -2.53. The molecule has 0 bridgehead atoms. The second-order valence-corrected chi connectivity index (χ2v) is 8.79. The number of aromatic nitrogens is 1. The van der Waals surface area contributed by atoms with Crippen LogP contribution in [0.2, 0.25) is 0 Å². The monoisotopic (exact) mass is 416 g/mol. The summed E-state index contributed by atoms with van der Waals surface area (Å²) < 4.78 is 32.1. The highest BCUT2D eigenvalue weighted by molar-refractivity contribution is 7.92. The van der Waals surface area contributed by atoms with Crippen LogP contribution in [0.5, 0.6) is 5.75 Å². The van der Waals surface area contributed by atoms with Crippen LogP contribution in [-0.4, -0.2) is 50.0 Å². The van der Waals surface area contributed by atoms with Gasteiger partial charge in [-0.25, -0.2) is 13.4 Å². The largest absolute Gasteiger partial charge is 0.496 e. The number of ketones is 1. The van der Waals surface area contributed by atoms with E-state index in [1.807, 2.05) is 0 Å². The molecule has 1 aromatic carbocycles. The highest BCUT2D eigenvalue weighted by atomic mass is 32.2. The molecule has 2 unspecified atom stereocenters. The predicted molar refractivity (Wildman–Crippen MR) is 104 cm³/mol. The van der Waals surface area contributed by atoms with Crippen molar-refractivity contribution in [2.45, 2.75) is 35.6 Å². The van der Waals surface area contributed by atoms with Crippen LogP contribution in [0.15, 0.2) is 29.4 Å². The van der Waals surface area contributed by atoms with E-state index in [1.54, 1.807) is 12.1 Å². The lowest BCUT2D eigenvalue weighted by atomic mass is 9.99. The molecular weight excluding hydrogens is 396 g/mol. The van der Waals surface area contributed by atoms with Gasteiger partial charge >= 0.3 is 0 Å². The molecule has 1 saturated heterocycles. The number of hydrogen-bond acceptors (Lipinski definition) is 8. The molecule has 152 valence electrons. The summed E-state index contributed by atoms with van der Waals surface area (Å²) >= 11 is 0. The van der Waals surface area contributed by atoms with Crippen LogP contribution in [0.3, 0.4) is 0 Å². The van der Waals surface area contributed by atoms with Gasteiger partial charge in [0.2, 0.25) is 9.84 Å². The Balaban J connectivity index is 2.16. The zero-order valence-corrected chi connectivity index (χ0v) is 16.5. The number of methoxy groups -OCH3 is 1. The van der Waals surface area contributed by atoms with E-state index in [9.17, 15) is 18.0 Å². The van der Waals surface area contributed by atoms with Crippen molar-refractivity contribution in [3.63, 3.8) is 0 Å². The summed E-state index contributed by atoms with van der Waals surface area (Å²) in [5.74, 6) is -1.04. The number of sulfone groups is 1. The molecule has 2 atom stereocenters. The van der Waals surface area contributed by atoms with E-state index in [0.29, 0.717) is 18.4 Å². The van der Waals surface area contributed by atoms with Gasteiger partial charge in [0.05, 0.1) is 36.5 Å². The molecular formula is C19H20N4O5S. The first kappa shape index (κ1) is 20.7. The maximum atomic E-state index is 13.5. The van der Waals surface area contributed by atoms with E-state index >= 15 is 0 Å². The zero-order chi connectivity index (χ0) is 21.2. The first-order valence-electron chi connectivity index (χ1n) is 8.94. The molecule has 1 aliphatic rings. The maximum absolute atomic E-state index is 13.5. The molecule has 1 aromatic heterocycles. The van der Waals surface area contributed by atoms with Gasteiger partial charge in [-0.2, -0.15) is 5.26 Å². The molecule has 2 aromatic rings. The Morgan fingerprint density at radius 2 is 2.17 bits per heavy atom. The van der Waals surface area contributed by atoms with Crippen LogP contribution in [0, 0.1) is 11.3 Å². The van der Waals surface area contributed by atoms with Gasteiger partial charge in [-0.3, -0.25) is 9.59 Å². The van der Waals surface area contributed by atoms with Crippen LogP contribution in [0.4, 0.5) is 0 Å². The normalized spacial score (nSPS) is 19.4. The topological polar surface area (TPSA) is 152 Å². The van der Waals surface area contributed by atoms with E-state index in [-0.39, 0.29) is 34.6 Å². The number of nitrogens with two attached hydrogens (primary N) is 1. The minimum Gasteiger partial charge on any atom is -0.496 e. The molecule has 9 nitrogen and oxygen atoms in total. The quantitative estimate of drug-likeness (QED) is 0.698. The molecule has 1 aliphatic heterocycles. The molecule has 0 saturated carbocycles. The number of carbonyl (C=O) groups excluding carboxylic acids is 2. The molecule has 2 heterocycles. The fourth-order valence-corrected chi connectivity index (χ4v) is 5.67. The van der Waals surface area contributed by atoms with Gasteiger partial charge in [-0.15, -0.1) is 0 Å². The summed E-state index contributed by atoms with van der Waals surface area (Å²) in [6.07, 6.45) is 1.79. The predicted octanol–water partition coefficient (Wildman–Crippen LogP) is 0.719. The van der Waals surface area contributed by atoms with Crippen molar-refractivity contribution in [2.24, 2.45) is 5.73 Å². The molecule has 0 radical (unpaired) electrons. The van der Waals surface area contributed by atoms with Crippen LogP contribution in [0.25, 0.3) is 10.8 Å². The van der Waals surface area contributed by atoms with Gasteiger partial charge in [0.25, 0.3) is 5.91 Å². The lowest BCUT2D eigenvalue weighted by Gasteiger charge is -2.30. The van der Waals surface area contributed by atoms with Gasteiger partial charge in [-0.05, 0) is 43.0 Å². The van der Waals surface area contributed by atoms with Crippen molar-refractivity contribution in [1.82, 2.24) is 10.3 Å². The van der Waals surface area contributed by atoms with E-state index < -0.39 is 32.8 Å². The number of nitriles is 1. The van der Waals surface area contributed by atoms with Crippen molar-refractivity contribution >= 4 is 32.3 Å². The molecule has 1 amide bonds. The van der Waals surface area contributed by atoms with Crippen molar-refractivity contribution < 1.29 is 22.7 Å². The highest BCUT2D eigenvalue weighted by Gasteiger charge is 2.41. The van der Waals surface area contributed by atoms with Gasteiger partial charge in [-0.1, -0.05) is 0 Å². The Labute approximate surface area is 167 Å². The Morgan fingerprint density at radius 1 is 1.41 bits per heavy atom. The number of carbonyl (C=O) groups is 2. The van der Waals surface area contributed by atoms with Gasteiger partial charge < -0.3 is 15.8 Å². The lowest BCUT2D eigenvalue weighted by molar-refractivity contribution is -0.120. The molecule has 29 heavy (non-hydrogen) atoms. The number of ether oxygens (including phenoxy) is 1. The zero-order valence-electron chi connectivity index (χ0n) is 15.7. The van der Waals surface area contributed by atoms with Crippen LogP contribution in [-0.2, 0) is 14.6 Å². The SMILES string of the molecule is COc1cc2c(S(=O)(=O)C3CCCNC3C(=O)CC#N)nccc2cc1C(N)=O. The van der Waals surface area contributed by atoms with Gasteiger partial charge in [0, 0.05) is 11.6 Å². The Bertz CT molecular complexity index is 1120. The van der Waals surface area contributed by atoms with Crippen molar-refractivity contribution in [3.8, 4) is 11.8 Å². The second-order valence-electron chi connectivity index (χ2n) is 6.71. The van der Waals surface area contributed by atoms with E-state index in [4.69, 9.17) is 15.7 Å². The van der Waals surface area contributed by atoms with E-state index in [0.717, 1.165) is 0 Å². The number of benzene rings is 1. The third-order valence-corrected chi connectivity index (χ3v) is 7.15. The fraction of sp³-hybridized carbons (Fsp3) is 0.368. The number of Topliss-reactive ketones (excluding diaryl/α,β-unsaturated/α-hetero) is 1. The Kier molecular flexibility index (Phi) is 5.81. The molecule has 0 aliphatic carbocycles. The van der Waals surface area contributed by atoms with Crippen molar-refractivity contribution in [2.75, 3.05) is 13.7 Å². The smallest absolute Gasteiger partial charge is 0.252 e. The number of pyridine rings is 1. The molecule has 10 heteroatoms. The van der Waals surface area contributed by atoms with E-state index in [1.165, 1.54) is 25.4 Å². The number of primary amides is 1. The molecule has 1 fully saturated rings. The Hall–Kier alpha value is -3.03. The minimum absolute atomic E-state index is 0.121. The number of piperidine rings is 1. The number of nitrogens with zero attached hydrogens (tertiary/aromatic N) is 2. The van der Waals surface area contributed by atoms with Crippen LogP contribution < -0.4 is 15.8 Å². The summed E-state index contributed by atoms with van der Waals surface area (Å²) in [6.45, 7) is 0.493. The van der Waals surface area contributed by atoms with Crippen LogP contribution in [0.1, 0.15) is 29.6 Å². The van der Waals surface area contributed by atoms with Crippen molar-refractivity contribution in [3.05, 3.63) is 30.0 Å². The summed E-state index contributed by atoms with van der Waals surface area (Å²) in [5.41, 5.74) is 5.50. The number of fused-ring (bicyclic) bond motifs is 1. The van der Waals surface area contributed by atoms with Gasteiger partial charge in [0.1, 0.15) is 5.75 Å². The maximum Gasteiger partial charge on any atom is 0.252 e. The van der Waals surface area contributed by atoms with Gasteiger partial charge in [0.15, 0.2) is 10.8 Å². The van der Waals surface area contributed by atoms with Crippen LogP contribution >= 0.6 is 0 Å². The summed E-state index contributed by atoms with van der Waals surface area (Å²) in [4.78, 5) is 28.1. The van der Waals surface area contributed by atoms with Crippen molar-refractivity contribution in [1.29, 1.82) is 5.26 Å². The average Bonchev–Trinajstić information content (AvgIpc) is 2.72. The number of hydrogen-bond donors (Lipinski definition) is 2.